The van der Waals surface area contributed by atoms with Crippen LogP contribution in [0, 0.1) is 6.92 Å². The van der Waals surface area contributed by atoms with Gasteiger partial charge in [-0.15, -0.1) is 0 Å². The van der Waals surface area contributed by atoms with E-state index in [9.17, 15) is 18.0 Å². The highest BCUT2D eigenvalue weighted by Crippen LogP contribution is 2.43. The van der Waals surface area contributed by atoms with Crippen LogP contribution >= 0.6 is 0 Å². The molecule has 0 N–H and O–H groups in total. The zero-order chi connectivity index (χ0) is 24.6. The van der Waals surface area contributed by atoms with E-state index >= 15 is 0 Å². The van der Waals surface area contributed by atoms with Crippen LogP contribution in [-0.4, -0.2) is 27.1 Å². The molecule has 8 heteroatoms. The summed E-state index contributed by atoms with van der Waals surface area (Å²) in [6.07, 6.45) is 1.85. The maximum absolute atomic E-state index is 13.2. The lowest BCUT2D eigenvalue weighted by molar-refractivity contribution is -0.145. The van der Waals surface area contributed by atoms with E-state index < -0.39 is 12.0 Å². The Hall–Kier alpha value is -3.55. The van der Waals surface area contributed by atoms with Gasteiger partial charge in [0.1, 0.15) is 5.60 Å². The van der Waals surface area contributed by atoms with Crippen LogP contribution in [0.2, 0.25) is 0 Å². The van der Waals surface area contributed by atoms with Crippen LogP contribution in [0.3, 0.4) is 0 Å². The van der Waals surface area contributed by atoms with Crippen LogP contribution in [0.4, 0.5) is 13.2 Å². The van der Waals surface area contributed by atoms with E-state index in [-0.39, 0.29) is 24.2 Å². The van der Waals surface area contributed by atoms with Crippen molar-refractivity contribution in [3.63, 3.8) is 0 Å². The Morgan fingerprint density at radius 1 is 1.00 bits per heavy atom. The largest absolute Gasteiger partial charge is 0.451 e. The first-order valence-corrected chi connectivity index (χ1v) is 11.6. The highest BCUT2D eigenvalue weighted by Gasteiger charge is 2.45. The number of nitrogens with zero attached hydrogens (tertiary/aromatic N) is 3. The summed E-state index contributed by atoms with van der Waals surface area (Å²) < 4.78 is 38.1. The van der Waals surface area contributed by atoms with Gasteiger partial charge in [0.05, 0.1) is 5.71 Å². The molecule has 2 aliphatic rings. The summed E-state index contributed by atoms with van der Waals surface area (Å²) in [7, 11) is 0. The van der Waals surface area contributed by atoms with Crippen LogP contribution in [0.5, 0.6) is 0 Å². The second-order valence-corrected chi connectivity index (χ2v) is 9.34. The topological polar surface area (TPSA) is 64.4 Å². The number of Topliss-reactive ketones (excluding diaryl/α,β-unsaturated/α-hetero) is 1. The third kappa shape index (κ3) is 4.97. The highest BCUT2D eigenvalue weighted by atomic mass is 19.4. The monoisotopic (exact) mass is 479 g/mol. The van der Waals surface area contributed by atoms with Gasteiger partial charge >= 0.3 is 6.18 Å². The molecule has 1 aromatic heterocycles. The SMILES string of the molecule is Cc1ccc(-c2cc(C(=O)CCc3cnc(C(F)(F)F)nc3)cc(C3=NOC4(CCC4)C3)c2)cc1. The fraction of sp³-hybridized carbons (Fsp3) is 0.333. The Balaban J connectivity index is 1.39. The minimum absolute atomic E-state index is 0.113. The number of benzene rings is 2. The number of carbonyl (C=O) groups excluding carboxylic acids is 1. The van der Waals surface area contributed by atoms with Crippen LogP contribution < -0.4 is 0 Å². The number of carbonyl (C=O) groups is 1. The molecule has 3 aromatic rings. The molecule has 2 heterocycles. The number of alkyl halides is 3. The molecule has 1 aliphatic heterocycles. The lowest BCUT2D eigenvalue weighted by atomic mass is 9.76. The fourth-order valence-corrected chi connectivity index (χ4v) is 4.42. The standard InChI is InChI=1S/C27H24F3N3O2/c1-17-3-6-19(7-4-17)20-11-21(23-14-26(35-33-23)9-2-10-26)13-22(12-20)24(34)8-5-18-15-31-25(32-16-18)27(28,29)30/h3-4,6-7,11-13,15-16H,2,5,8-10,14H2,1H3. The molecule has 5 rings (SSSR count). The first-order chi connectivity index (χ1) is 16.7. The molecule has 1 fully saturated rings. The summed E-state index contributed by atoms with van der Waals surface area (Å²) in [5.41, 5.74) is 5.53. The number of aromatic nitrogens is 2. The van der Waals surface area contributed by atoms with E-state index in [0.29, 0.717) is 11.1 Å². The van der Waals surface area contributed by atoms with Gasteiger partial charge in [-0.05, 0) is 67.5 Å². The number of aryl methyl sites for hydroxylation is 2. The van der Waals surface area contributed by atoms with Crippen molar-refractivity contribution in [2.45, 2.75) is 57.2 Å². The second kappa shape index (κ2) is 8.91. The summed E-state index contributed by atoms with van der Waals surface area (Å²) >= 11 is 0. The molecule has 5 nitrogen and oxygen atoms in total. The van der Waals surface area contributed by atoms with Gasteiger partial charge in [-0.3, -0.25) is 4.79 Å². The van der Waals surface area contributed by atoms with Crippen molar-refractivity contribution in [1.29, 1.82) is 0 Å². The van der Waals surface area contributed by atoms with Crippen molar-refractivity contribution in [3.05, 3.63) is 82.9 Å². The molecule has 2 aromatic carbocycles. The average Bonchev–Trinajstić information content (AvgIpc) is 3.29. The van der Waals surface area contributed by atoms with Crippen LogP contribution in [0.15, 0.2) is 60.0 Å². The Bertz CT molecular complexity index is 1280. The van der Waals surface area contributed by atoms with Gasteiger partial charge in [-0.25, -0.2) is 9.97 Å². The van der Waals surface area contributed by atoms with Crippen LogP contribution in [0.1, 0.15) is 65.0 Å². The molecule has 35 heavy (non-hydrogen) atoms. The van der Waals surface area contributed by atoms with Gasteiger partial charge in [0.2, 0.25) is 5.82 Å². The maximum Gasteiger partial charge on any atom is 0.451 e. The number of halogens is 3. The van der Waals surface area contributed by atoms with Crippen molar-refractivity contribution >= 4 is 11.5 Å². The first kappa shape index (κ1) is 23.2. The molecule has 1 aliphatic carbocycles. The smallest absolute Gasteiger partial charge is 0.389 e. The lowest BCUT2D eigenvalue weighted by Gasteiger charge is -2.34. The molecule has 0 bridgehead atoms. The quantitative estimate of drug-likeness (QED) is 0.388. The molecular weight excluding hydrogens is 455 g/mol. The van der Waals surface area contributed by atoms with E-state index in [2.05, 4.69) is 15.1 Å². The van der Waals surface area contributed by atoms with Crippen molar-refractivity contribution in [2.75, 3.05) is 0 Å². The predicted molar refractivity (Wildman–Crippen MR) is 125 cm³/mol. The molecule has 0 atom stereocenters. The number of oxime groups is 1. The third-order valence-corrected chi connectivity index (χ3v) is 6.68. The van der Waals surface area contributed by atoms with Crippen molar-refractivity contribution in [2.24, 2.45) is 5.16 Å². The Morgan fingerprint density at radius 3 is 2.29 bits per heavy atom. The van der Waals surface area contributed by atoms with Gasteiger partial charge in [0.25, 0.3) is 0 Å². The fourth-order valence-electron chi connectivity index (χ4n) is 4.42. The van der Waals surface area contributed by atoms with E-state index in [4.69, 9.17) is 4.84 Å². The minimum atomic E-state index is -4.59. The maximum atomic E-state index is 13.2. The van der Waals surface area contributed by atoms with Gasteiger partial charge < -0.3 is 4.84 Å². The summed E-state index contributed by atoms with van der Waals surface area (Å²) in [5, 5.41) is 4.35. The molecule has 1 saturated carbocycles. The normalized spacial score (nSPS) is 16.5. The molecule has 0 saturated heterocycles. The molecule has 0 amide bonds. The predicted octanol–water partition coefficient (Wildman–Crippen LogP) is 6.33. The van der Waals surface area contributed by atoms with Gasteiger partial charge in [-0.2, -0.15) is 13.2 Å². The lowest BCUT2D eigenvalue weighted by Crippen LogP contribution is -2.36. The Labute approximate surface area is 201 Å². The Kier molecular flexibility index (Phi) is 5.91. The minimum Gasteiger partial charge on any atom is -0.389 e. The van der Waals surface area contributed by atoms with E-state index in [1.165, 1.54) is 0 Å². The highest BCUT2D eigenvalue weighted by molar-refractivity contribution is 6.06. The summed E-state index contributed by atoms with van der Waals surface area (Å²) in [6.45, 7) is 2.02. The van der Waals surface area contributed by atoms with Crippen LogP contribution in [-0.2, 0) is 17.4 Å². The second-order valence-electron chi connectivity index (χ2n) is 9.34. The zero-order valence-corrected chi connectivity index (χ0v) is 19.2. The number of ketones is 1. The van der Waals surface area contributed by atoms with E-state index in [1.807, 2.05) is 49.4 Å². The van der Waals surface area contributed by atoms with E-state index in [0.717, 1.165) is 66.0 Å². The zero-order valence-electron chi connectivity index (χ0n) is 19.2. The molecule has 0 unspecified atom stereocenters. The van der Waals surface area contributed by atoms with Crippen molar-refractivity contribution in [3.8, 4) is 11.1 Å². The Morgan fingerprint density at radius 2 is 1.69 bits per heavy atom. The average molecular weight is 480 g/mol. The van der Waals surface area contributed by atoms with Crippen LogP contribution in [0.25, 0.3) is 11.1 Å². The van der Waals surface area contributed by atoms with Gasteiger partial charge in [-0.1, -0.05) is 35.0 Å². The summed E-state index contributed by atoms with van der Waals surface area (Å²) in [5.74, 6) is -1.30. The van der Waals surface area contributed by atoms with E-state index in [1.54, 1.807) is 0 Å². The van der Waals surface area contributed by atoms with Crippen molar-refractivity contribution < 1.29 is 22.8 Å². The number of hydrogen-bond acceptors (Lipinski definition) is 5. The molecule has 1 spiro atoms. The third-order valence-electron chi connectivity index (χ3n) is 6.68. The molecular formula is C27H24F3N3O2. The van der Waals surface area contributed by atoms with Gasteiger partial charge in [0, 0.05) is 36.4 Å². The first-order valence-electron chi connectivity index (χ1n) is 11.6. The van der Waals surface area contributed by atoms with Crippen molar-refractivity contribution in [1.82, 2.24) is 9.97 Å². The number of rotatable bonds is 6. The summed E-state index contributed by atoms with van der Waals surface area (Å²) in [6, 6.07) is 13.8. The summed E-state index contributed by atoms with van der Waals surface area (Å²) in [4.78, 5) is 25.7. The van der Waals surface area contributed by atoms with Gasteiger partial charge in [0.15, 0.2) is 5.78 Å². The molecule has 0 radical (unpaired) electrons. The number of hydrogen-bond donors (Lipinski definition) is 0. The molecule has 180 valence electrons.